The predicted molar refractivity (Wildman–Crippen MR) is 70.1 cm³/mol. The second-order valence-corrected chi connectivity index (χ2v) is 4.98. The van der Waals surface area contributed by atoms with Gasteiger partial charge in [-0.1, -0.05) is 13.3 Å². The minimum atomic E-state index is 0.0793. The third-order valence-electron chi connectivity index (χ3n) is 3.71. The smallest absolute Gasteiger partial charge is 0.0717 e. The van der Waals surface area contributed by atoms with Gasteiger partial charge < -0.3 is 10.0 Å². The number of aromatic nitrogens is 1. The zero-order valence-corrected chi connectivity index (χ0v) is 10.8. The van der Waals surface area contributed by atoms with Crippen LogP contribution in [-0.2, 0) is 6.61 Å². The first kappa shape index (κ1) is 12.4. The fourth-order valence-electron chi connectivity index (χ4n) is 2.61. The lowest BCUT2D eigenvalue weighted by atomic mass is 9.95. The van der Waals surface area contributed by atoms with Crippen LogP contribution >= 0.6 is 0 Å². The SMILES string of the molecule is CCC1CCCN(c2cc(C)ncc2CO)C1. The number of rotatable bonds is 3. The summed E-state index contributed by atoms with van der Waals surface area (Å²) in [5.41, 5.74) is 3.15. The van der Waals surface area contributed by atoms with E-state index in [2.05, 4.69) is 22.9 Å². The van der Waals surface area contributed by atoms with E-state index in [-0.39, 0.29) is 6.61 Å². The van der Waals surface area contributed by atoms with Crippen molar-refractivity contribution in [2.24, 2.45) is 5.92 Å². The molecule has 17 heavy (non-hydrogen) atoms. The van der Waals surface area contributed by atoms with E-state index in [1.807, 2.05) is 6.92 Å². The van der Waals surface area contributed by atoms with Crippen molar-refractivity contribution >= 4 is 5.69 Å². The summed E-state index contributed by atoms with van der Waals surface area (Å²) in [6.07, 6.45) is 5.64. The number of aliphatic hydroxyl groups is 1. The lowest BCUT2D eigenvalue weighted by Gasteiger charge is -2.35. The Morgan fingerprint density at radius 1 is 1.53 bits per heavy atom. The number of hydrogen-bond acceptors (Lipinski definition) is 3. The van der Waals surface area contributed by atoms with E-state index < -0.39 is 0 Å². The van der Waals surface area contributed by atoms with Crippen molar-refractivity contribution < 1.29 is 5.11 Å². The maximum absolute atomic E-state index is 9.40. The first-order chi connectivity index (χ1) is 8.24. The number of nitrogens with zero attached hydrogens (tertiary/aromatic N) is 2. The van der Waals surface area contributed by atoms with Crippen LogP contribution in [0.5, 0.6) is 0 Å². The molecule has 1 aliphatic heterocycles. The summed E-state index contributed by atoms with van der Waals surface area (Å²) in [5, 5.41) is 9.40. The van der Waals surface area contributed by atoms with Crippen molar-refractivity contribution in [3.05, 3.63) is 23.5 Å². The first-order valence-electron chi connectivity index (χ1n) is 6.56. The maximum atomic E-state index is 9.40. The van der Waals surface area contributed by atoms with Gasteiger partial charge in [-0.15, -0.1) is 0 Å². The molecule has 1 aromatic heterocycles. The molecule has 1 fully saturated rings. The van der Waals surface area contributed by atoms with E-state index in [1.54, 1.807) is 6.20 Å². The normalized spacial score (nSPS) is 20.6. The van der Waals surface area contributed by atoms with E-state index in [0.29, 0.717) is 0 Å². The summed E-state index contributed by atoms with van der Waals surface area (Å²) < 4.78 is 0. The fraction of sp³-hybridized carbons (Fsp3) is 0.643. The number of piperidine rings is 1. The molecule has 2 rings (SSSR count). The molecular formula is C14H22N2O. The van der Waals surface area contributed by atoms with Crippen LogP contribution in [0.15, 0.2) is 12.3 Å². The molecule has 0 saturated carbocycles. The van der Waals surface area contributed by atoms with Gasteiger partial charge in [-0.05, 0) is 31.7 Å². The highest BCUT2D eigenvalue weighted by molar-refractivity contribution is 5.53. The molecule has 0 aromatic carbocycles. The molecule has 0 bridgehead atoms. The van der Waals surface area contributed by atoms with Gasteiger partial charge in [-0.2, -0.15) is 0 Å². The van der Waals surface area contributed by atoms with E-state index in [0.717, 1.165) is 30.3 Å². The third-order valence-corrected chi connectivity index (χ3v) is 3.71. The molecule has 1 N–H and O–H groups in total. The Kier molecular flexibility index (Phi) is 4.00. The summed E-state index contributed by atoms with van der Waals surface area (Å²) in [6.45, 7) is 6.57. The number of anilines is 1. The van der Waals surface area contributed by atoms with E-state index in [4.69, 9.17) is 0 Å². The molecule has 0 spiro atoms. The highest BCUT2D eigenvalue weighted by atomic mass is 16.3. The molecule has 1 aromatic rings. The molecule has 0 radical (unpaired) electrons. The molecule has 3 heteroatoms. The number of aliphatic hydroxyl groups excluding tert-OH is 1. The Morgan fingerprint density at radius 2 is 2.35 bits per heavy atom. The molecule has 0 amide bonds. The zero-order valence-electron chi connectivity index (χ0n) is 10.8. The van der Waals surface area contributed by atoms with Crippen LogP contribution in [-0.4, -0.2) is 23.2 Å². The van der Waals surface area contributed by atoms with Gasteiger partial charge in [0, 0.05) is 36.2 Å². The lowest BCUT2D eigenvalue weighted by Crippen LogP contribution is -2.35. The van der Waals surface area contributed by atoms with Crippen molar-refractivity contribution in [1.29, 1.82) is 0 Å². The summed E-state index contributed by atoms with van der Waals surface area (Å²) in [7, 11) is 0. The summed E-state index contributed by atoms with van der Waals surface area (Å²) >= 11 is 0. The first-order valence-corrected chi connectivity index (χ1v) is 6.56. The molecule has 1 saturated heterocycles. The van der Waals surface area contributed by atoms with Gasteiger partial charge in [0.05, 0.1) is 6.61 Å². The van der Waals surface area contributed by atoms with Gasteiger partial charge in [0.1, 0.15) is 0 Å². The van der Waals surface area contributed by atoms with Crippen LogP contribution in [0.25, 0.3) is 0 Å². The topological polar surface area (TPSA) is 36.4 Å². The Labute approximate surface area is 103 Å². The van der Waals surface area contributed by atoms with Gasteiger partial charge in [0.25, 0.3) is 0 Å². The largest absolute Gasteiger partial charge is 0.392 e. The van der Waals surface area contributed by atoms with Crippen molar-refractivity contribution in [3.8, 4) is 0 Å². The highest BCUT2D eigenvalue weighted by Crippen LogP contribution is 2.27. The standard InChI is InChI=1S/C14H22N2O/c1-3-12-5-4-6-16(9-12)14-7-11(2)15-8-13(14)10-17/h7-8,12,17H,3-6,9-10H2,1-2H3. The molecule has 1 unspecified atom stereocenters. The van der Waals surface area contributed by atoms with E-state index in [1.165, 1.54) is 24.9 Å². The second kappa shape index (κ2) is 5.50. The number of aryl methyl sites for hydroxylation is 1. The van der Waals surface area contributed by atoms with Crippen molar-refractivity contribution in [3.63, 3.8) is 0 Å². The third kappa shape index (κ3) is 2.78. The molecule has 0 aliphatic carbocycles. The van der Waals surface area contributed by atoms with E-state index >= 15 is 0 Å². The summed E-state index contributed by atoms with van der Waals surface area (Å²) in [6, 6.07) is 2.10. The van der Waals surface area contributed by atoms with Crippen molar-refractivity contribution in [1.82, 2.24) is 4.98 Å². The minimum Gasteiger partial charge on any atom is -0.392 e. The average molecular weight is 234 g/mol. The predicted octanol–water partition coefficient (Wildman–Crippen LogP) is 2.51. The molecule has 3 nitrogen and oxygen atoms in total. The Bertz CT molecular complexity index is 378. The molecule has 1 aliphatic rings. The van der Waals surface area contributed by atoms with Crippen molar-refractivity contribution in [2.45, 2.75) is 39.7 Å². The average Bonchev–Trinajstić information content (AvgIpc) is 2.39. The fourth-order valence-corrected chi connectivity index (χ4v) is 2.61. The monoisotopic (exact) mass is 234 g/mol. The molecule has 1 atom stereocenters. The number of hydrogen-bond donors (Lipinski definition) is 1. The van der Waals surface area contributed by atoms with Crippen molar-refractivity contribution in [2.75, 3.05) is 18.0 Å². The van der Waals surface area contributed by atoms with Gasteiger partial charge in [-0.25, -0.2) is 0 Å². The summed E-state index contributed by atoms with van der Waals surface area (Å²) in [4.78, 5) is 6.67. The zero-order chi connectivity index (χ0) is 12.3. The van der Waals surface area contributed by atoms with Gasteiger partial charge in [0.2, 0.25) is 0 Å². The molecule has 94 valence electrons. The van der Waals surface area contributed by atoms with Gasteiger partial charge >= 0.3 is 0 Å². The van der Waals surface area contributed by atoms with Crippen LogP contribution in [0.3, 0.4) is 0 Å². The Balaban J connectivity index is 2.22. The van der Waals surface area contributed by atoms with Gasteiger partial charge in [-0.3, -0.25) is 4.98 Å². The summed E-state index contributed by atoms with van der Waals surface area (Å²) in [5.74, 6) is 0.795. The second-order valence-electron chi connectivity index (χ2n) is 4.98. The van der Waals surface area contributed by atoms with Crippen LogP contribution in [0, 0.1) is 12.8 Å². The van der Waals surface area contributed by atoms with Crippen LogP contribution in [0.1, 0.15) is 37.4 Å². The van der Waals surface area contributed by atoms with Crippen LogP contribution < -0.4 is 4.90 Å². The van der Waals surface area contributed by atoms with Crippen LogP contribution in [0.4, 0.5) is 5.69 Å². The Morgan fingerprint density at radius 3 is 3.06 bits per heavy atom. The lowest BCUT2D eigenvalue weighted by molar-refractivity contribution is 0.281. The number of pyridine rings is 1. The maximum Gasteiger partial charge on any atom is 0.0717 e. The molecule has 2 heterocycles. The van der Waals surface area contributed by atoms with E-state index in [9.17, 15) is 5.11 Å². The minimum absolute atomic E-state index is 0.0793. The Hall–Kier alpha value is -1.09. The quantitative estimate of drug-likeness (QED) is 0.873. The highest BCUT2D eigenvalue weighted by Gasteiger charge is 2.20. The molecular weight excluding hydrogens is 212 g/mol. The van der Waals surface area contributed by atoms with Gasteiger partial charge in [0.15, 0.2) is 0 Å². The van der Waals surface area contributed by atoms with Crippen LogP contribution in [0.2, 0.25) is 0 Å².